The lowest BCUT2D eigenvalue weighted by atomic mass is 9.76. The van der Waals surface area contributed by atoms with Crippen molar-refractivity contribution in [3.05, 3.63) is 0 Å². The van der Waals surface area contributed by atoms with E-state index in [1.807, 2.05) is 0 Å². The van der Waals surface area contributed by atoms with Gasteiger partial charge in [-0.3, -0.25) is 4.79 Å². The summed E-state index contributed by atoms with van der Waals surface area (Å²) in [6, 6.07) is 0.0477. The van der Waals surface area contributed by atoms with Crippen LogP contribution in [-0.4, -0.2) is 43.0 Å². The zero-order chi connectivity index (χ0) is 14.3. The molecule has 0 aromatic carbocycles. The third-order valence-corrected chi connectivity index (χ3v) is 4.42. The van der Waals surface area contributed by atoms with E-state index in [2.05, 4.69) is 31.0 Å². The van der Waals surface area contributed by atoms with E-state index in [4.69, 9.17) is 5.73 Å². The third kappa shape index (κ3) is 5.11. The molecule has 3 atom stereocenters. The van der Waals surface area contributed by atoms with Crippen molar-refractivity contribution in [2.75, 3.05) is 26.2 Å². The van der Waals surface area contributed by atoms with Crippen molar-refractivity contribution in [3.8, 4) is 0 Å². The fourth-order valence-corrected chi connectivity index (χ4v) is 3.08. The van der Waals surface area contributed by atoms with Gasteiger partial charge in [0.05, 0.1) is 5.92 Å². The van der Waals surface area contributed by atoms with Gasteiger partial charge in [-0.1, -0.05) is 27.2 Å². The Labute approximate surface area is 118 Å². The van der Waals surface area contributed by atoms with E-state index in [-0.39, 0.29) is 17.9 Å². The molecule has 1 rings (SSSR count). The minimum Gasteiger partial charge on any atom is -0.356 e. The SMILES string of the molecule is CCN(CC)CCCNC(=O)C1C(C)CCCC1N. The largest absolute Gasteiger partial charge is 0.356 e. The Hall–Kier alpha value is -0.610. The summed E-state index contributed by atoms with van der Waals surface area (Å²) in [6.07, 6.45) is 4.30. The molecule has 1 saturated carbocycles. The Bertz CT molecular complexity index is 256. The van der Waals surface area contributed by atoms with E-state index < -0.39 is 0 Å². The van der Waals surface area contributed by atoms with Crippen LogP contribution in [0.25, 0.3) is 0 Å². The van der Waals surface area contributed by atoms with Crippen LogP contribution < -0.4 is 11.1 Å². The van der Waals surface area contributed by atoms with Crippen LogP contribution in [0.5, 0.6) is 0 Å². The lowest BCUT2D eigenvalue weighted by Gasteiger charge is -2.33. The van der Waals surface area contributed by atoms with Crippen LogP contribution in [0.1, 0.15) is 46.5 Å². The van der Waals surface area contributed by atoms with Gasteiger partial charge < -0.3 is 16.0 Å². The Morgan fingerprint density at radius 1 is 1.32 bits per heavy atom. The summed E-state index contributed by atoms with van der Waals surface area (Å²) >= 11 is 0. The van der Waals surface area contributed by atoms with Gasteiger partial charge >= 0.3 is 0 Å². The highest BCUT2D eigenvalue weighted by Gasteiger charge is 2.33. The number of carbonyl (C=O) groups is 1. The Morgan fingerprint density at radius 3 is 2.58 bits per heavy atom. The van der Waals surface area contributed by atoms with Crippen LogP contribution in [0.4, 0.5) is 0 Å². The number of rotatable bonds is 7. The minimum atomic E-state index is 0.0159. The van der Waals surface area contributed by atoms with Crippen molar-refractivity contribution >= 4 is 5.91 Å². The molecule has 1 aliphatic rings. The first-order chi connectivity index (χ1) is 9.10. The monoisotopic (exact) mass is 269 g/mol. The predicted molar refractivity (Wildman–Crippen MR) is 79.9 cm³/mol. The summed E-state index contributed by atoms with van der Waals surface area (Å²) in [6.45, 7) is 10.5. The normalized spacial score (nSPS) is 27.5. The Morgan fingerprint density at radius 2 is 2.00 bits per heavy atom. The molecule has 0 aromatic rings. The number of hydrogen-bond acceptors (Lipinski definition) is 3. The molecule has 0 aliphatic heterocycles. The van der Waals surface area contributed by atoms with Crippen molar-refractivity contribution < 1.29 is 4.79 Å². The molecule has 1 aliphatic carbocycles. The Balaban J connectivity index is 2.26. The van der Waals surface area contributed by atoms with E-state index >= 15 is 0 Å². The topological polar surface area (TPSA) is 58.4 Å². The second kappa shape index (κ2) is 8.54. The molecule has 0 bridgehead atoms. The summed E-state index contributed by atoms with van der Waals surface area (Å²) in [5, 5.41) is 3.07. The molecule has 1 amide bonds. The third-order valence-electron chi connectivity index (χ3n) is 4.42. The first-order valence-corrected chi connectivity index (χ1v) is 7.85. The molecule has 4 nitrogen and oxygen atoms in total. The predicted octanol–water partition coefficient (Wildman–Crippen LogP) is 1.60. The van der Waals surface area contributed by atoms with Crippen LogP contribution in [-0.2, 0) is 4.79 Å². The van der Waals surface area contributed by atoms with Crippen LogP contribution >= 0.6 is 0 Å². The van der Waals surface area contributed by atoms with Crippen molar-refractivity contribution in [3.63, 3.8) is 0 Å². The summed E-state index contributed by atoms with van der Waals surface area (Å²) in [4.78, 5) is 14.6. The molecule has 1 fully saturated rings. The standard InChI is InChI=1S/C15H31N3O/c1-4-18(5-2)11-7-10-17-15(19)14-12(3)8-6-9-13(14)16/h12-14H,4-11,16H2,1-3H3,(H,17,19). The summed E-state index contributed by atoms with van der Waals surface area (Å²) in [7, 11) is 0. The zero-order valence-corrected chi connectivity index (χ0v) is 12.8. The molecule has 0 saturated heterocycles. The zero-order valence-electron chi connectivity index (χ0n) is 12.8. The van der Waals surface area contributed by atoms with E-state index in [1.54, 1.807) is 0 Å². The summed E-state index contributed by atoms with van der Waals surface area (Å²) in [5.41, 5.74) is 6.10. The molecule has 0 radical (unpaired) electrons. The van der Waals surface area contributed by atoms with E-state index in [1.165, 1.54) is 0 Å². The molecule has 4 heteroatoms. The van der Waals surface area contributed by atoms with E-state index in [9.17, 15) is 4.79 Å². The van der Waals surface area contributed by atoms with Crippen LogP contribution in [0, 0.1) is 11.8 Å². The number of carbonyl (C=O) groups excluding carboxylic acids is 1. The molecule has 3 unspecified atom stereocenters. The van der Waals surface area contributed by atoms with Gasteiger partial charge in [-0.15, -0.1) is 0 Å². The molecular formula is C15H31N3O. The molecule has 112 valence electrons. The first kappa shape index (κ1) is 16.4. The van der Waals surface area contributed by atoms with Crippen molar-refractivity contribution in [1.82, 2.24) is 10.2 Å². The maximum absolute atomic E-state index is 12.2. The van der Waals surface area contributed by atoms with Gasteiger partial charge in [-0.25, -0.2) is 0 Å². The molecular weight excluding hydrogens is 238 g/mol. The van der Waals surface area contributed by atoms with E-state index in [0.717, 1.165) is 51.9 Å². The lowest BCUT2D eigenvalue weighted by Crippen LogP contribution is -2.47. The van der Waals surface area contributed by atoms with Gasteiger partial charge in [0.2, 0.25) is 5.91 Å². The van der Waals surface area contributed by atoms with Crippen molar-refractivity contribution in [1.29, 1.82) is 0 Å². The van der Waals surface area contributed by atoms with Gasteiger partial charge in [0.15, 0.2) is 0 Å². The van der Waals surface area contributed by atoms with Crippen molar-refractivity contribution in [2.24, 2.45) is 17.6 Å². The van der Waals surface area contributed by atoms with E-state index in [0.29, 0.717) is 5.92 Å². The van der Waals surface area contributed by atoms with Crippen LogP contribution in [0.2, 0.25) is 0 Å². The number of amides is 1. The van der Waals surface area contributed by atoms with Gasteiger partial charge in [-0.05, 0) is 44.8 Å². The van der Waals surface area contributed by atoms with Gasteiger partial charge in [0.1, 0.15) is 0 Å². The second-order valence-electron chi connectivity index (χ2n) is 5.77. The van der Waals surface area contributed by atoms with Crippen LogP contribution in [0.3, 0.4) is 0 Å². The summed E-state index contributed by atoms with van der Waals surface area (Å²) in [5.74, 6) is 0.605. The molecule has 0 aromatic heterocycles. The van der Waals surface area contributed by atoms with Crippen LogP contribution in [0.15, 0.2) is 0 Å². The quantitative estimate of drug-likeness (QED) is 0.690. The molecule has 19 heavy (non-hydrogen) atoms. The fraction of sp³-hybridized carbons (Fsp3) is 0.933. The smallest absolute Gasteiger partial charge is 0.224 e. The fourth-order valence-electron chi connectivity index (χ4n) is 3.08. The minimum absolute atomic E-state index is 0.0159. The highest BCUT2D eigenvalue weighted by atomic mass is 16.1. The number of nitrogens with one attached hydrogen (secondary N) is 1. The average molecular weight is 269 g/mol. The molecule has 0 spiro atoms. The number of hydrogen-bond donors (Lipinski definition) is 2. The average Bonchev–Trinajstić information content (AvgIpc) is 2.38. The highest BCUT2D eigenvalue weighted by molar-refractivity contribution is 5.79. The van der Waals surface area contributed by atoms with Crippen molar-refractivity contribution in [2.45, 2.75) is 52.5 Å². The maximum atomic E-state index is 12.2. The number of nitrogens with zero attached hydrogens (tertiary/aromatic N) is 1. The molecule has 3 N–H and O–H groups in total. The molecule has 0 heterocycles. The first-order valence-electron chi connectivity index (χ1n) is 7.85. The maximum Gasteiger partial charge on any atom is 0.224 e. The van der Waals surface area contributed by atoms with Gasteiger partial charge in [0.25, 0.3) is 0 Å². The highest BCUT2D eigenvalue weighted by Crippen LogP contribution is 2.28. The second-order valence-corrected chi connectivity index (χ2v) is 5.77. The van der Waals surface area contributed by atoms with Gasteiger partial charge in [-0.2, -0.15) is 0 Å². The Kier molecular flexibility index (Phi) is 7.39. The summed E-state index contributed by atoms with van der Waals surface area (Å²) < 4.78 is 0. The lowest BCUT2D eigenvalue weighted by molar-refractivity contribution is -0.128. The van der Waals surface area contributed by atoms with Gasteiger partial charge in [0, 0.05) is 12.6 Å². The number of nitrogens with two attached hydrogens (primary N) is 1.